The number of ether oxygens (including phenoxy) is 2. The smallest absolute Gasteiger partial charge is 0.175 e. The Hall–Kier alpha value is -0.490. The minimum Gasteiger partial charge on any atom is -0.388 e. The Bertz CT molecular complexity index is 277. The fourth-order valence-corrected chi connectivity index (χ4v) is 2.22. The third kappa shape index (κ3) is 1.50. The normalized spacial score (nSPS) is 44.7. The Labute approximate surface area is 88.0 Å². The van der Waals surface area contributed by atoms with Crippen LogP contribution in [0, 0.1) is 5.92 Å². The van der Waals surface area contributed by atoms with E-state index in [0.29, 0.717) is 0 Å². The number of Topliss-reactive ketones (excluding diaryl/α,β-unsaturated/α-hetero) is 1. The second-order valence-electron chi connectivity index (χ2n) is 4.54. The Morgan fingerprint density at radius 2 is 2.13 bits per heavy atom. The molecular weight excluding hydrogens is 200 g/mol. The van der Waals surface area contributed by atoms with Crippen LogP contribution in [0.2, 0.25) is 0 Å². The molecule has 2 aliphatic heterocycles. The molecule has 2 N–H and O–H groups in total. The lowest BCUT2D eigenvalue weighted by Crippen LogP contribution is -2.52. The Kier molecular flexibility index (Phi) is 2.58. The third-order valence-electron chi connectivity index (χ3n) is 3.04. The molecule has 4 atom stereocenters. The number of aliphatic hydroxyl groups is 2. The molecule has 0 aliphatic carbocycles. The second-order valence-corrected chi connectivity index (χ2v) is 4.54. The van der Waals surface area contributed by atoms with Crippen molar-refractivity contribution in [2.45, 2.75) is 37.8 Å². The van der Waals surface area contributed by atoms with Gasteiger partial charge in [0.2, 0.25) is 0 Å². The Morgan fingerprint density at radius 3 is 2.73 bits per heavy atom. The number of hydrogen-bond donors (Lipinski definition) is 2. The number of rotatable bonds is 2. The lowest BCUT2D eigenvalue weighted by Gasteiger charge is -2.26. The molecule has 0 aromatic carbocycles. The van der Waals surface area contributed by atoms with Gasteiger partial charge in [0.05, 0.1) is 13.2 Å². The zero-order valence-corrected chi connectivity index (χ0v) is 8.84. The fourth-order valence-electron chi connectivity index (χ4n) is 2.22. The summed E-state index contributed by atoms with van der Waals surface area (Å²) in [6, 6.07) is 0. The predicted octanol–water partition coefficient (Wildman–Crippen LogP) is -0.899. The van der Waals surface area contributed by atoms with Gasteiger partial charge in [-0.15, -0.1) is 0 Å². The van der Waals surface area contributed by atoms with Crippen molar-refractivity contribution in [1.29, 1.82) is 0 Å². The van der Waals surface area contributed by atoms with Crippen molar-refractivity contribution >= 4 is 5.78 Å². The summed E-state index contributed by atoms with van der Waals surface area (Å²) in [4.78, 5) is 11.8. The van der Waals surface area contributed by atoms with Crippen molar-refractivity contribution in [1.82, 2.24) is 0 Å². The van der Waals surface area contributed by atoms with Crippen molar-refractivity contribution in [2.75, 3.05) is 13.2 Å². The number of ketones is 1. The maximum Gasteiger partial charge on any atom is 0.175 e. The SMILES string of the molecule is CC(C)C(=O)[C@]1(O)CO[C@@H]2[C@H](O)CO[C@@H]21. The van der Waals surface area contributed by atoms with E-state index in [-0.39, 0.29) is 24.9 Å². The van der Waals surface area contributed by atoms with Crippen LogP contribution < -0.4 is 0 Å². The van der Waals surface area contributed by atoms with E-state index in [9.17, 15) is 15.0 Å². The summed E-state index contributed by atoms with van der Waals surface area (Å²) in [6.07, 6.45) is -2.04. The molecule has 0 bridgehead atoms. The highest BCUT2D eigenvalue weighted by Gasteiger charge is 2.59. The Balaban J connectivity index is 2.21. The first-order chi connectivity index (χ1) is 6.97. The highest BCUT2D eigenvalue weighted by Crippen LogP contribution is 2.36. The van der Waals surface area contributed by atoms with Crippen molar-refractivity contribution in [2.24, 2.45) is 5.92 Å². The first kappa shape index (κ1) is 11.0. The largest absolute Gasteiger partial charge is 0.388 e. The summed E-state index contributed by atoms with van der Waals surface area (Å²) >= 11 is 0. The zero-order chi connectivity index (χ0) is 11.2. The zero-order valence-electron chi connectivity index (χ0n) is 8.84. The molecule has 0 radical (unpaired) electrons. The number of aliphatic hydroxyl groups excluding tert-OH is 1. The molecule has 0 saturated carbocycles. The van der Waals surface area contributed by atoms with Crippen molar-refractivity contribution in [3.05, 3.63) is 0 Å². The second kappa shape index (κ2) is 3.52. The first-order valence-corrected chi connectivity index (χ1v) is 5.15. The number of carbonyl (C=O) groups excluding carboxylic acids is 1. The minimum absolute atomic E-state index is 0.0869. The van der Waals surface area contributed by atoms with Crippen LogP contribution >= 0.6 is 0 Å². The average Bonchev–Trinajstić information content (AvgIpc) is 2.70. The van der Waals surface area contributed by atoms with Crippen LogP contribution in [0.1, 0.15) is 13.8 Å². The summed E-state index contributed by atoms with van der Waals surface area (Å²) in [5.41, 5.74) is -1.59. The van der Waals surface area contributed by atoms with E-state index in [1.165, 1.54) is 0 Å². The quantitative estimate of drug-likeness (QED) is 0.625. The molecule has 0 spiro atoms. The summed E-state index contributed by atoms with van der Waals surface area (Å²) < 4.78 is 10.5. The first-order valence-electron chi connectivity index (χ1n) is 5.15. The van der Waals surface area contributed by atoms with Crippen molar-refractivity contribution in [3.8, 4) is 0 Å². The van der Waals surface area contributed by atoms with Gasteiger partial charge >= 0.3 is 0 Å². The number of hydrogen-bond acceptors (Lipinski definition) is 5. The Morgan fingerprint density at radius 1 is 1.47 bits per heavy atom. The van der Waals surface area contributed by atoms with E-state index in [0.717, 1.165) is 0 Å². The third-order valence-corrected chi connectivity index (χ3v) is 3.04. The molecule has 5 nitrogen and oxygen atoms in total. The molecular formula is C10H16O5. The van der Waals surface area contributed by atoms with Gasteiger partial charge in [-0.05, 0) is 0 Å². The minimum atomic E-state index is -1.59. The van der Waals surface area contributed by atoms with Crippen LogP contribution in [0.3, 0.4) is 0 Å². The lowest BCUT2D eigenvalue weighted by molar-refractivity contribution is -0.151. The van der Waals surface area contributed by atoms with E-state index in [4.69, 9.17) is 9.47 Å². The number of fused-ring (bicyclic) bond motifs is 1. The highest BCUT2D eigenvalue weighted by molar-refractivity contribution is 5.90. The van der Waals surface area contributed by atoms with Gasteiger partial charge in [0.15, 0.2) is 11.4 Å². The monoisotopic (exact) mass is 216 g/mol. The van der Waals surface area contributed by atoms with Crippen LogP contribution in [0.25, 0.3) is 0 Å². The average molecular weight is 216 g/mol. The topological polar surface area (TPSA) is 76.0 Å². The van der Waals surface area contributed by atoms with E-state index in [2.05, 4.69) is 0 Å². The molecule has 2 saturated heterocycles. The molecule has 5 heteroatoms. The van der Waals surface area contributed by atoms with Crippen LogP contribution in [0.4, 0.5) is 0 Å². The van der Waals surface area contributed by atoms with Gasteiger partial charge in [0, 0.05) is 5.92 Å². The van der Waals surface area contributed by atoms with Crippen LogP contribution in [0.15, 0.2) is 0 Å². The fraction of sp³-hybridized carbons (Fsp3) is 0.900. The molecule has 2 fully saturated rings. The summed E-state index contributed by atoms with van der Waals surface area (Å²) in [7, 11) is 0. The molecule has 86 valence electrons. The van der Waals surface area contributed by atoms with Gasteiger partial charge in [-0.3, -0.25) is 4.79 Å². The maximum absolute atomic E-state index is 11.8. The van der Waals surface area contributed by atoms with Crippen molar-refractivity contribution in [3.63, 3.8) is 0 Å². The van der Waals surface area contributed by atoms with E-state index in [1.807, 2.05) is 0 Å². The molecule has 15 heavy (non-hydrogen) atoms. The maximum atomic E-state index is 11.8. The molecule has 0 amide bonds. The molecule has 2 aliphatic rings. The molecule has 2 rings (SSSR count). The summed E-state index contributed by atoms with van der Waals surface area (Å²) in [6.45, 7) is 3.47. The number of carbonyl (C=O) groups is 1. The van der Waals surface area contributed by atoms with Gasteiger partial charge in [-0.1, -0.05) is 13.8 Å². The van der Waals surface area contributed by atoms with Crippen LogP contribution in [-0.2, 0) is 14.3 Å². The van der Waals surface area contributed by atoms with Gasteiger partial charge in [0.1, 0.15) is 18.3 Å². The van der Waals surface area contributed by atoms with E-state index in [1.54, 1.807) is 13.8 Å². The summed E-state index contributed by atoms with van der Waals surface area (Å²) in [5, 5.41) is 19.7. The van der Waals surface area contributed by atoms with E-state index < -0.39 is 23.9 Å². The highest BCUT2D eigenvalue weighted by atomic mass is 16.6. The van der Waals surface area contributed by atoms with Gasteiger partial charge in [-0.25, -0.2) is 0 Å². The lowest BCUT2D eigenvalue weighted by atomic mass is 9.86. The standard InChI is InChI=1S/C10H16O5/c1-5(2)8(12)10(13)4-15-7-6(11)3-14-9(7)10/h5-7,9,11,13H,3-4H2,1-2H3/t6-,7-,9+,10-/m1/s1. The van der Waals surface area contributed by atoms with E-state index >= 15 is 0 Å². The van der Waals surface area contributed by atoms with Gasteiger partial charge < -0.3 is 19.7 Å². The molecule has 2 heterocycles. The van der Waals surface area contributed by atoms with Gasteiger partial charge in [0.25, 0.3) is 0 Å². The van der Waals surface area contributed by atoms with Crippen molar-refractivity contribution < 1.29 is 24.5 Å². The van der Waals surface area contributed by atoms with Gasteiger partial charge in [-0.2, -0.15) is 0 Å². The summed E-state index contributed by atoms with van der Waals surface area (Å²) in [5.74, 6) is -0.567. The molecule has 0 aromatic heterocycles. The predicted molar refractivity (Wildman–Crippen MR) is 50.3 cm³/mol. The van der Waals surface area contributed by atoms with Crippen LogP contribution in [0.5, 0.6) is 0 Å². The molecule has 0 aromatic rings. The van der Waals surface area contributed by atoms with Crippen LogP contribution in [-0.4, -0.2) is 53.1 Å². The molecule has 0 unspecified atom stereocenters.